The van der Waals surface area contributed by atoms with Gasteiger partial charge in [-0.3, -0.25) is 9.59 Å². The second-order valence-electron chi connectivity index (χ2n) is 2.55. The summed E-state index contributed by atoms with van der Waals surface area (Å²) in [6.07, 6.45) is 2.50. The molecule has 0 fully saturated rings. The molecule has 0 rings (SSSR count). The van der Waals surface area contributed by atoms with Gasteiger partial charge in [-0.1, -0.05) is 12.2 Å². The normalized spacial score (nSPS) is 10.3. The van der Waals surface area contributed by atoms with Gasteiger partial charge < -0.3 is 4.74 Å². The lowest BCUT2D eigenvalue weighted by Crippen LogP contribution is -2.35. The minimum atomic E-state index is -1.38. The topological polar surface area (TPSA) is 43.4 Å². The van der Waals surface area contributed by atoms with E-state index in [9.17, 15) is 9.59 Å². The molecule has 0 saturated heterocycles. The Bertz CT molecular complexity index is 233. The molecule has 0 spiro atoms. The summed E-state index contributed by atoms with van der Waals surface area (Å²) in [5, 5.41) is 0. The van der Waals surface area contributed by atoms with Gasteiger partial charge in [0.15, 0.2) is 11.2 Å². The number of carbonyl (C=O) groups is 2. The Morgan fingerprint density at radius 3 is 2.08 bits per heavy atom. The van der Waals surface area contributed by atoms with Crippen LogP contribution >= 0.6 is 0 Å². The molecule has 0 aliphatic rings. The summed E-state index contributed by atoms with van der Waals surface area (Å²) in [5.41, 5.74) is -1.38. The maximum Gasteiger partial charge on any atom is 0.327 e. The maximum absolute atomic E-state index is 11.4. The summed E-state index contributed by atoms with van der Waals surface area (Å²) >= 11 is 0. The Morgan fingerprint density at radius 2 is 1.85 bits per heavy atom. The molecule has 0 aliphatic carbocycles. The molecule has 0 saturated carbocycles. The molecule has 0 atom stereocenters. The van der Waals surface area contributed by atoms with Gasteiger partial charge in [-0.05, 0) is 13.8 Å². The molecular weight excluding hydrogens is 168 g/mol. The van der Waals surface area contributed by atoms with Crippen molar-refractivity contribution in [3.63, 3.8) is 0 Å². The van der Waals surface area contributed by atoms with Crippen LogP contribution in [0.1, 0.15) is 13.8 Å². The van der Waals surface area contributed by atoms with E-state index in [0.717, 1.165) is 0 Å². The lowest BCUT2D eigenvalue weighted by molar-refractivity contribution is -0.153. The fourth-order valence-corrected chi connectivity index (χ4v) is 0.932. The van der Waals surface area contributed by atoms with Crippen LogP contribution < -0.4 is 0 Å². The van der Waals surface area contributed by atoms with Crippen LogP contribution in [0.2, 0.25) is 0 Å². The highest BCUT2D eigenvalue weighted by Crippen LogP contribution is 2.23. The standard InChI is InChI=1S/C10H14O3/c1-5-10(6-2,8(4)11)9(12)13-7-3/h5-6H,1-2,7H2,3-4H3. The van der Waals surface area contributed by atoms with E-state index in [1.54, 1.807) is 6.92 Å². The van der Waals surface area contributed by atoms with Crippen LogP contribution in [0, 0.1) is 5.41 Å². The third-order valence-electron chi connectivity index (χ3n) is 1.84. The smallest absolute Gasteiger partial charge is 0.327 e. The molecule has 0 amide bonds. The first-order valence-electron chi connectivity index (χ1n) is 4.00. The van der Waals surface area contributed by atoms with Crippen molar-refractivity contribution < 1.29 is 14.3 Å². The predicted molar refractivity (Wildman–Crippen MR) is 50.1 cm³/mol. The fourth-order valence-electron chi connectivity index (χ4n) is 0.932. The van der Waals surface area contributed by atoms with Crippen molar-refractivity contribution in [3.8, 4) is 0 Å². The van der Waals surface area contributed by atoms with Gasteiger partial charge >= 0.3 is 5.97 Å². The number of Topliss-reactive ketones (excluding diaryl/α,β-unsaturated/α-hetero) is 1. The molecule has 0 heterocycles. The van der Waals surface area contributed by atoms with Crippen LogP contribution in [0.15, 0.2) is 25.3 Å². The lowest BCUT2D eigenvalue weighted by atomic mass is 9.84. The molecule has 13 heavy (non-hydrogen) atoms. The van der Waals surface area contributed by atoms with Crippen molar-refractivity contribution in [1.82, 2.24) is 0 Å². The number of hydrogen-bond donors (Lipinski definition) is 0. The Labute approximate surface area is 78.1 Å². The Kier molecular flexibility index (Phi) is 4.11. The summed E-state index contributed by atoms with van der Waals surface area (Å²) in [5.74, 6) is -0.955. The summed E-state index contributed by atoms with van der Waals surface area (Å²) in [6.45, 7) is 10.1. The lowest BCUT2D eigenvalue weighted by Gasteiger charge is -2.20. The average molecular weight is 182 g/mol. The zero-order valence-electron chi connectivity index (χ0n) is 8.00. The summed E-state index contributed by atoms with van der Waals surface area (Å²) in [6, 6.07) is 0. The van der Waals surface area contributed by atoms with Crippen molar-refractivity contribution in [3.05, 3.63) is 25.3 Å². The molecule has 72 valence electrons. The van der Waals surface area contributed by atoms with Gasteiger partial charge in [0.25, 0.3) is 0 Å². The molecule has 0 aromatic rings. The number of esters is 1. The molecule has 0 aromatic carbocycles. The van der Waals surface area contributed by atoms with Crippen molar-refractivity contribution in [2.24, 2.45) is 5.41 Å². The molecular formula is C10H14O3. The zero-order valence-corrected chi connectivity index (χ0v) is 8.00. The van der Waals surface area contributed by atoms with Gasteiger partial charge in [-0.25, -0.2) is 0 Å². The first-order valence-corrected chi connectivity index (χ1v) is 4.00. The fraction of sp³-hybridized carbons (Fsp3) is 0.400. The zero-order chi connectivity index (χ0) is 10.5. The quantitative estimate of drug-likeness (QED) is 0.367. The summed E-state index contributed by atoms with van der Waals surface area (Å²) in [7, 11) is 0. The Balaban J connectivity index is 4.97. The van der Waals surface area contributed by atoms with Gasteiger partial charge in [0.1, 0.15) is 0 Å². The molecule has 3 nitrogen and oxygen atoms in total. The van der Waals surface area contributed by atoms with Crippen LogP contribution in [0.4, 0.5) is 0 Å². The van der Waals surface area contributed by atoms with Gasteiger partial charge in [0.2, 0.25) is 0 Å². The highest BCUT2D eigenvalue weighted by molar-refractivity contribution is 6.06. The van der Waals surface area contributed by atoms with Crippen LogP contribution in [0.5, 0.6) is 0 Å². The molecule has 3 heteroatoms. The molecule has 0 bridgehead atoms. The Hall–Kier alpha value is -1.38. The third-order valence-corrected chi connectivity index (χ3v) is 1.84. The first-order chi connectivity index (χ1) is 6.05. The predicted octanol–water partition coefficient (Wildman–Crippen LogP) is 1.50. The number of ether oxygens (including phenoxy) is 1. The molecule has 0 N–H and O–H groups in total. The highest BCUT2D eigenvalue weighted by Gasteiger charge is 2.38. The maximum atomic E-state index is 11.4. The van der Waals surface area contributed by atoms with Crippen molar-refractivity contribution in [2.75, 3.05) is 6.61 Å². The number of ketones is 1. The molecule has 0 aromatic heterocycles. The minimum absolute atomic E-state index is 0.232. The molecule has 0 radical (unpaired) electrons. The van der Waals surface area contributed by atoms with Gasteiger partial charge in [0.05, 0.1) is 6.61 Å². The first kappa shape index (κ1) is 11.6. The van der Waals surface area contributed by atoms with Gasteiger partial charge in [-0.2, -0.15) is 0 Å². The van der Waals surface area contributed by atoms with E-state index >= 15 is 0 Å². The van der Waals surface area contributed by atoms with Crippen LogP contribution in [0.3, 0.4) is 0 Å². The van der Waals surface area contributed by atoms with E-state index in [1.165, 1.54) is 19.1 Å². The second-order valence-corrected chi connectivity index (χ2v) is 2.55. The summed E-state index contributed by atoms with van der Waals surface area (Å²) < 4.78 is 4.75. The molecule has 0 aliphatic heterocycles. The van der Waals surface area contributed by atoms with Crippen molar-refractivity contribution in [1.29, 1.82) is 0 Å². The Morgan fingerprint density at radius 1 is 1.38 bits per heavy atom. The number of carbonyl (C=O) groups excluding carboxylic acids is 2. The monoisotopic (exact) mass is 182 g/mol. The van der Waals surface area contributed by atoms with E-state index in [2.05, 4.69) is 13.2 Å². The second kappa shape index (κ2) is 4.60. The number of hydrogen-bond acceptors (Lipinski definition) is 3. The van der Waals surface area contributed by atoms with Gasteiger partial charge in [-0.15, -0.1) is 13.2 Å². The van der Waals surface area contributed by atoms with Crippen LogP contribution in [-0.4, -0.2) is 18.4 Å². The largest absolute Gasteiger partial charge is 0.465 e. The van der Waals surface area contributed by atoms with E-state index in [-0.39, 0.29) is 12.4 Å². The number of rotatable bonds is 5. The van der Waals surface area contributed by atoms with Crippen molar-refractivity contribution >= 4 is 11.8 Å². The molecule has 0 unspecified atom stereocenters. The third kappa shape index (κ3) is 2.05. The van der Waals surface area contributed by atoms with E-state index < -0.39 is 11.4 Å². The summed E-state index contributed by atoms with van der Waals surface area (Å²) in [4.78, 5) is 22.6. The minimum Gasteiger partial charge on any atom is -0.465 e. The van der Waals surface area contributed by atoms with E-state index in [1.807, 2.05) is 0 Å². The van der Waals surface area contributed by atoms with E-state index in [0.29, 0.717) is 0 Å². The van der Waals surface area contributed by atoms with Gasteiger partial charge in [0, 0.05) is 0 Å². The van der Waals surface area contributed by atoms with Crippen LogP contribution in [0.25, 0.3) is 0 Å². The average Bonchev–Trinajstić information content (AvgIpc) is 2.07. The van der Waals surface area contributed by atoms with Crippen LogP contribution in [-0.2, 0) is 14.3 Å². The van der Waals surface area contributed by atoms with E-state index in [4.69, 9.17) is 4.74 Å². The highest BCUT2D eigenvalue weighted by atomic mass is 16.5. The SMILES string of the molecule is C=CC(C=C)(C(C)=O)C(=O)OCC. The van der Waals surface area contributed by atoms with Crippen molar-refractivity contribution in [2.45, 2.75) is 13.8 Å².